The normalized spacial score (nSPS) is 10.7. The quantitative estimate of drug-likeness (QED) is 0.408. The molecule has 0 amide bonds. The summed E-state index contributed by atoms with van der Waals surface area (Å²) < 4.78 is 1.38. The highest BCUT2D eigenvalue weighted by molar-refractivity contribution is 6.06. The van der Waals surface area contributed by atoms with Crippen LogP contribution in [-0.4, -0.2) is 20.5 Å². The molecule has 4 rings (SSSR count). The second kappa shape index (κ2) is 9.83. The Hall–Kier alpha value is -4.06. The van der Waals surface area contributed by atoms with Gasteiger partial charge in [-0.25, -0.2) is 4.68 Å². The molecule has 0 fully saturated rings. The number of carbonyl (C=O) groups excluding carboxylic acids is 1. The van der Waals surface area contributed by atoms with Crippen LogP contribution in [0, 0.1) is 0 Å². The van der Waals surface area contributed by atoms with Crippen molar-refractivity contribution in [2.75, 3.05) is 5.32 Å². The van der Waals surface area contributed by atoms with E-state index < -0.39 is 0 Å². The third-order valence-electron chi connectivity index (χ3n) is 5.20. The van der Waals surface area contributed by atoms with Gasteiger partial charge in [-0.2, -0.15) is 5.10 Å². The lowest BCUT2D eigenvalue weighted by Gasteiger charge is -2.17. The second-order valence-corrected chi connectivity index (χ2v) is 7.36. The highest BCUT2D eigenvalue weighted by Gasteiger charge is 2.24. The van der Waals surface area contributed by atoms with Crippen molar-refractivity contribution < 1.29 is 4.79 Å². The predicted octanol–water partition coefficient (Wildman–Crippen LogP) is 4.88. The molecule has 0 bridgehead atoms. The Balaban J connectivity index is 1.84. The highest BCUT2D eigenvalue weighted by atomic mass is 16.1. The summed E-state index contributed by atoms with van der Waals surface area (Å²) in [5.41, 5.74) is 3.19. The molecule has 0 aliphatic carbocycles. The number of Topliss-reactive ketones (excluding diaryl/α,β-unsaturated/α-hetero) is 1. The zero-order valence-electron chi connectivity index (χ0n) is 17.9. The van der Waals surface area contributed by atoms with E-state index in [2.05, 4.69) is 15.4 Å². The first-order valence-corrected chi connectivity index (χ1v) is 10.6. The van der Waals surface area contributed by atoms with E-state index in [4.69, 9.17) is 0 Å². The third kappa shape index (κ3) is 4.64. The van der Waals surface area contributed by atoms with Gasteiger partial charge in [-0.1, -0.05) is 60.7 Å². The number of rotatable bonds is 8. The zero-order chi connectivity index (χ0) is 22.3. The van der Waals surface area contributed by atoms with Gasteiger partial charge >= 0.3 is 0 Å². The van der Waals surface area contributed by atoms with Crippen LogP contribution in [0.25, 0.3) is 11.3 Å². The fourth-order valence-electron chi connectivity index (χ4n) is 3.58. The standard InChI is InChI=1S/C26H24N4O2/c1-2-30-26(32)25(28-21-14-9-17-27-18-21)23(24(29-30)20-12-7-4-8-13-20)22(31)16-15-19-10-5-3-6-11-19/h3-14,17-18,28H,2,15-16H2,1H3. The lowest BCUT2D eigenvalue weighted by Crippen LogP contribution is -2.28. The monoisotopic (exact) mass is 424 g/mol. The molecule has 2 heterocycles. The molecule has 0 spiro atoms. The van der Waals surface area contributed by atoms with Gasteiger partial charge in [0.1, 0.15) is 11.4 Å². The van der Waals surface area contributed by atoms with Crippen molar-refractivity contribution in [3.63, 3.8) is 0 Å². The van der Waals surface area contributed by atoms with Crippen LogP contribution in [0.2, 0.25) is 0 Å². The Bertz CT molecular complexity index is 1250. The summed E-state index contributed by atoms with van der Waals surface area (Å²) in [4.78, 5) is 30.9. The maximum atomic E-state index is 13.5. The minimum atomic E-state index is -0.334. The molecule has 0 aliphatic heterocycles. The van der Waals surface area contributed by atoms with Crippen molar-refractivity contribution in [3.05, 3.63) is 107 Å². The molecule has 2 aromatic heterocycles. The number of anilines is 2. The molecule has 0 aliphatic rings. The Labute approximate surface area is 186 Å². The smallest absolute Gasteiger partial charge is 0.291 e. The van der Waals surface area contributed by atoms with Gasteiger partial charge in [0, 0.05) is 24.7 Å². The number of hydrogen-bond donors (Lipinski definition) is 1. The lowest BCUT2D eigenvalue weighted by molar-refractivity contribution is 0.0983. The van der Waals surface area contributed by atoms with E-state index in [0.29, 0.717) is 29.9 Å². The summed E-state index contributed by atoms with van der Waals surface area (Å²) in [5.74, 6) is -0.132. The average Bonchev–Trinajstić information content (AvgIpc) is 2.85. The molecule has 0 saturated carbocycles. The van der Waals surface area contributed by atoms with E-state index in [1.54, 1.807) is 18.5 Å². The lowest BCUT2D eigenvalue weighted by atomic mass is 9.97. The maximum absolute atomic E-state index is 13.5. The first-order chi connectivity index (χ1) is 15.7. The van der Waals surface area contributed by atoms with E-state index >= 15 is 0 Å². The number of aromatic nitrogens is 3. The Morgan fingerprint density at radius 2 is 1.69 bits per heavy atom. The van der Waals surface area contributed by atoms with Crippen LogP contribution in [-0.2, 0) is 13.0 Å². The number of benzene rings is 2. The summed E-state index contributed by atoms with van der Waals surface area (Å²) in [6, 6.07) is 22.9. The van der Waals surface area contributed by atoms with Crippen molar-refractivity contribution in [2.24, 2.45) is 0 Å². The zero-order valence-corrected chi connectivity index (χ0v) is 17.9. The van der Waals surface area contributed by atoms with Gasteiger partial charge in [0.15, 0.2) is 5.78 Å². The van der Waals surface area contributed by atoms with Gasteiger partial charge in [-0.3, -0.25) is 14.6 Å². The summed E-state index contributed by atoms with van der Waals surface area (Å²) >= 11 is 0. The number of ketones is 1. The molecule has 0 atom stereocenters. The first-order valence-electron chi connectivity index (χ1n) is 10.6. The molecular formula is C26H24N4O2. The molecule has 160 valence electrons. The molecule has 4 aromatic rings. The van der Waals surface area contributed by atoms with Crippen molar-refractivity contribution in [1.29, 1.82) is 0 Å². The van der Waals surface area contributed by atoms with E-state index in [0.717, 1.165) is 11.1 Å². The Morgan fingerprint density at radius 3 is 2.34 bits per heavy atom. The number of aryl methyl sites for hydroxylation is 2. The fourth-order valence-corrected chi connectivity index (χ4v) is 3.58. The molecular weight excluding hydrogens is 400 g/mol. The van der Waals surface area contributed by atoms with E-state index in [-0.39, 0.29) is 23.5 Å². The van der Waals surface area contributed by atoms with Gasteiger partial charge in [-0.15, -0.1) is 0 Å². The van der Waals surface area contributed by atoms with Crippen LogP contribution < -0.4 is 10.9 Å². The van der Waals surface area contributed by atoms with Gasteiger partial charge in [-0.05, 0) is 31.0 Å². The van der Waals surface area contributed by atoms with Crippen LogP contribution in [0.4, 0.5) is 11.4 Å². The first kappa shape index (κ1) is 21.2. The van der Waals surface area contributed by atoms with Crippen LogP contribution in [0.15, 0.2) is 90.0 Å². The van der Waals surface area contributed by atoms with Crippen LogP contribution in [0.1, 0.15) is 29.3 Å². The fraction of sp³-hybridized carbons (Fsp3) is 0.154. The van der Waals surface area contributed by atoms with Gasteiger partial charge < -0.3 is 5.32 Å². The molecule has 0 saturated heterocycles. The highest BCUT2D eigenvalue weighted by Crippen LogP contribution is 2.28. The van der Waals surface area contributed by atoms with Crippen LogP contribution in [0.3, 0.4) is 0 Å². The van der Waals surface area contributed by atoms with E-state index in [9.17, 15) is 9.59 Å². The van der Waals surface area contributed by atoms with Gasteiger partial charge in [0.2, 0.25) is 0 Å². The van der Waals surface area contributed by atoms with Gasteiger partial charge in [0.25, 0.3) is 5.56 Å². The summed E-state index contributed by atoms with van der Waals surface area (Å²) in [6.07, 6.45) is 4.12. The topological polar surface area (TPSA) is 76.9 Å². The summed E-state index contributed by atoms with van der Waals surface area (Å²) in [6.45, 7) is 2.24. The molecule has 2 aromatic carbocycles. The molecule has 6 heteroatoms. The largest absolute Gasteiger partial charge is 0.349 e. The predicted molar refractivity (Wildman–Crippen MR) is 126 cm³/mol. The summed E-state index contributed by atoms with van der Waals surface area (Å²) in [7, 11) is 0. The molecule has 0 unspecified atom stereocenters. The van der Waals surface area contributed by atoms with Crippen LogP contribution in [0.5, 0.6) is 0 Å². The number of nitrogens with one attached hydrogen (secondary N) is 1. The molecule has 1 N–H and O–H groups in total. The number of pyridine rings is 1. The Kier molecular flexibility index (Phi) is 6.51. The second-order valence-electron chi connectivity index (χ2n) is 7.36. The summed E-state index contributed by atoms with van der Waals surface area (Å²) in [5, 5.41) is 7.72. The minimum absolute atomic E-state index is 0.132. The van der Waals surface area contributed by atoms with Crippen molar-refractivity contribution in [3.8, 4) is 11.3 Å². The van der Waals surface area contributed by atoms with Crippen LogP contribution >= 0.6 is 0 Å². The van der Waals surface area contributed by atoms with E-state index in [1.807, 2.05) is 73.7 Å². The number of nitrogens with zero attached hydrogens (tertiary/aromatic N) is 3. The molecule has 0 radical (unpaired) electrons. The number of hydrogen-bond acceptors (Lipinski definition) is 5. The molecule has 6 nitrogen and oxygen atoms in total. The van der Waals surface area contributed by atoms with Crippen molar-refractivity contribution >= 4 is 17.2 Å². The van der Waals surface area contributed by atoms with E-state index in [1.165, 1.54) is 4.68 Å². The van der Waals surface area contributed by atoms with Gasteiger partial charge in [0.05, 0.1) is 17.4 Å². The third-order valence-corrected chi connectivity index (χ3v) is 5.20. The average molecular weight is 425 g/mol. The number of carbonyl (C=O) groups is 1. The SMILES string of the molecule is CCn1nc(-c2ccccc2)c(C(=O)CCc2ccccc2)c(Nc2cccnc2)c1=O. The molecule has 32 heavy (non-hydrogen) atoms. The van der Waals surface area contributed by atoms with Crippen molar-refractivity contribution in [2.45, 2.75) is 26.3 Å². The minimum Gasteiger partial charge on any atom is -0.349 e. The van der Waals surface area contributed by atoms with Crippen molar-refractivity contribution in [1.82, 2.24) is 14.8 Å². The maximum Gasteiger partial charge on any atom is 0.291 e. The Morgan fingerprint density at radius 1 is 0.969 bits per heavy atom.